The van der Waals surface area contributed by atoms with Gasteiger partial charge in [-0.05, 0) is 30.7 Å². The molecular formula is C24H32O3. The second-order valence-corrected chi connectivity index (χ2v) is 7.06. The SMILES string of the molecule is CCCCCCCCCCC(O)Oc1ccc(C(=O)c2ccccc2)cc1. The highest BCUT2D eigenvalue weighted by Gasteiger charge is 2.10. The van der Waals surface area contributed by atoms with Crippen LogP contribution in [0, 0.1) is 0 Å². The van der Waals surface area contributed by atoms with E-state index in [-0.39, 0.29) is 5.78 Å². The molecule has 2 rings (SSSR count). The first-order valence-electron chi connectivity index (χ1n) is 10.2. The number of aliphatic hydroxyl groups is 1. The third-order valence-corrected chi connectivity index (χ3v) is 4.73. The first-order chi connectivity index (χ1) is 13.2. The Morgan fingerprint density at radius 2 is 1.37 bits per heavy atom. The van der Waals surface area contributed by atoms with Gasteiger partial charge in [0.05, 0.1) is 0 Å². The summed E-state index contributed by atoms with van der Waals surface area (Å²) in [5, 5.41) is 10.0. The molecule has 146 valence electrons. The topological polar surface area (TPSA) is 46.5 Å². The molecule has 27 heavy (non-hydrogen) atoms. The van der Waals surface area contributed by atoms with Crippen molar-refractivity contribution in [3.63, 3.8) is 0 Å². The summed E-state index contributed by atoms with van der Waals surface area (Å²) in [6.07, 6.45) is 9.75. The third-order valence-electron chi connectivity index (χ3n) is 4.73. The van der Waals surface area contributed by atoms with Gasteiger partial charge in [-0.1, -0.05) is 82.2 Å². The predicted molar refractivity (Wildman–Crippen MR) is 110 cm³/mol. The van der Waals surface area contributed by atoms with Crippen molar-refractivity contribution in [1.82, 2.24) is 0 Å². The number of ether oxygens (including phenoxy) is 1. The van der Waals surface area contributed by atoms with Crippen LogP contribution in [-0.2, 0) is 0 Å². The number of benzene rings is 2. The second kappa shape index (κ2) is 12.3. The third kappa shape index (κ3) is 7.96. The molecule has 0 amide bonds. The van der Waals surface area contributed by atoms with Gasteiger partial charge in [-0.25, -0.2) is 0 Å². The van der Waals surface area contributed by atoms with Gasteiger partial charge in [-0.3, -0.25) is 4.79 Å². The quantitative estimate of drug-likeness (QED) is 0.262. The number of ketones is 1. The Balaban J connectivity index is 1.67. The minimum absolute atomic E-state index is 0.0124. The molecule has 0 fully saturated rings. The van der Waals surface area contributed by atoms with Crippen molar-refractivity contribution in [2.24, 2.45) is 0 Å². The fourth-order valence-corrected chi connectivity index (χ4v) is 3.11. The number of unbranched alkanes of at least 4 members (excludes halogenated alkanes) is 7. The van der Waals surface area contributed by atoms with Gasteiger partial charge >= 0.3 is 0 Å². The van der Waals surface area contributed by atoms with E-state index in [1.807, 2.05) is 18.2 Å². The Kier molecular flexibility index (Phi) is 9.64. The Morgan fingerprint density at radius 3 is 2.00 bits per heavy atom. The van der Waals surface area contributed by atoms with Crippen molar-refractivity contribution in [3.8, 4) is 5.75 Å². The molecule has 0 aliphatic rings. The molecule has 1 N–H and O–H groups in total. The Morgan fingerprint density at radius 1 is 0.815 bits per heavy atom. The molecule has 0 radical (unpaired) electrons. The molecular weight excluding hydrogens is 336 g/mol. The molecule has 0 bridgehead atoms. The summed E-state index contributed by atoms with van der Waals surface area (Å²) in [5.74, 6) is 0.577. The molecule has 2 aromatic rings. The van der Waals surface area contributed by atoms with Crippen molar-refractivity contribution in [2.75, 3.05) is 0 Å². The zero-order valence-corrected chi connectivity index (χ0v) is 16.4. The summed E-state index contributed by atoms with van der Waals surface area (Å²) < 4.78 is 5.56. The lowest BCUT2D eigenvalue weighted by Crippen LogP contribution is -2.15. The second-order valence-electron chi connectivity index (χ2n) is 7.06. The smallest absolute Gasteiger partial charge is 0.197 e. The van der Waals surface area contributed by atoms with E-state index in [0.717, 1.165) is 12.8 Å². The lowest BCUT2D eigenvalue weighted by atomic mass is 10.0. The first-order valence-corrected chi connectivity index (χ1v) is 10.2. The molecule has 0 spiro atoms. The highest BCUT2D eigenvalue weighted by molar-refractivity contribution is 6.08. The van der Waals surface area contributed by atoms with Gasteiger partial charge < -0.3 is 9.84 Å². The van der Waals surface area contributed by atoms with E-state index in [2.05, 4.69) is 6.92 Å². The summed E-state index contributed by atoms with van der Waals surface area (Å²) >= 11 is 0. The van der Waals surface area contributed by atoms with Crippen LogP contribution in [0.2, 0.25) is 0 Å². The van der Waals surface area contributed by atoms with Crippen LogP contribution < -0.4 is 4.74 Å². The van der Waals surface area contributed by atoms with Gasteiger partial charge in [0, 0.05) is 17.5 Å². The van der Waals surface area contributed by atoms with Gasteiger partial charge in [0.25, 0.3) is 0 Å². The first kappa shape index (κ1) is 21.2. The zero-order valence-electron chi connectivity index (χ0n) is 16.4. The molecule has 3 nitrogen and oxygen atoms in total. The summed E-state index contributed by atoms with van der Waals surface area (Å²) in [6, 6.07) is 16.2. The van der Waals surface area contributed by atoms with E-state index in [0.29, 0.717) is 23.3 Å². The highest BCUT2D eigenvalue weighted by atomic mass is 16.6. The van der Waals surface area contributed by atoms with Gasteiger partial charge in [-0.15, -0.1) is 0 Å². The average molecular weight is 369 g/mol. The van der Waals surface area contributed by atoms with E-state index in [1.165, 1.54) is 38.5 Å². The van der Waals surface area contributed by atoms with E-state index >= 15 is 0 Å². The number of rotatable bonds is 13. The van der Waals surface area contributed by atoms with E-state index in [9.17, 15) is 9.90 Å². The average Bonchev–Trinajstić information content (AvgIpc) is 2.70. The minimum Gasteiger partial charge on any atom is -0.465 e. The van der Waals surface area contributed by atoms with Gasteiger partial charge in [-0.2, -0.15) is 0 Å². The van der Waals surface area contributed by atoms with Crippen LogP contribution in [-0.4, -0.2) is 17.2 Å². The molecule has 0 saturated heterocycles. The van der Waals surface area contributed by atoms with Crippen LogP contribution >= 0.6 is 0 Å². The van der Waals surface area contributed by atoms with Crippen LogP contribution in [0.3, 0.4) is 0 Å². The van der Waals surface area contributed by atoms with E-state index in [4.69, 9.17) is 4.74 Å². The minimum atomic E-state index is -0.791. The monoisotopic (exact) mass is 368 g/mol. The fourth-order valence-electron chi connectivity index (χ4n) is 3.11. The maximum Gasteiger partial charge on any atom is 0.197 e. The van der Waals surface area contributed by atoms with Crippen molar-refractivity contribution in [3.05, 3.63) is 65.7 Å². The highest BCUT2D eigenvalue weighted by Crippen LogP contribution is 2.18. The molecule has 0 aromatic heterocycles. The Bertz CT molecular complexity index is 649. The predicted octanol–water partition coefficient (Wildman–Crippen LogP) is 6.15. The van der Waals surface area contributed by atoms with Crippen LogP contribution in [0.15, 0.2) is 54.6 Å². The molecule has 0 aliphatic heterocycles. The maximum absolute atomic E-state index is 12.4. The summed E-state index contributed by atoms with van der Waals surface area (Å²) in [5.41, 5.74) is 1.28. The Labute approximate surface area is 163 Å². The number of carbonyl (C=O) groups is 1. The van der Waals surface area contributed by atoms with Crippen molar-refractivity contribution in [2.45, 2.75) is 71.0 Å². The fraction of sp³-hybridized carbons (Fsp3) is 0.458. The number of aliphatic hydroxyl groups excluding tert-OH is 1. The summed E-state index contributed by atoms with van der Waals surface area (Å²) in [7, 11) is 0. The van der Waals surface area contributed by atoms with Crippen molar-refractivity contribution >= 4 is 5.78 Å². The molecule has 3 heteroatoms. The van der Waals surface area contributed by atoms with Crippen LogP contribution in [0.5, 0.6) is 5.75 Å². The molecule has 1 atom stereocenters. The Hall–Kier alpha value is -2.13. The van der Waals surface area contributed by atoms with E-state index in [1.54, 1.807) is 36.4 Å². The molecule has 0 heterocycles. The van der Waals surface area contributed by atoms with Gasteiger partial charge in [0.15, 0.2) is 12.1 Å². The summed E-state index contributed by atoms with van der Waals surface area (Å²) in [4.78, 5) is 12.4. The van der Waals surface area contributed by atoms with E-state index < -0.39 is 6.29 Å². The lowest BCUT2D eigenvalue weighted by Gasteiger charge is -2.13. The maximum atomic E-state index is 12.4. The van der Waals surface area contributed by atoms with Crippen LogP contribution in [0.25, 0.3) is 0 Å². The van der Waals surface area contributed by atoms with Crippen LogP contribution in [0.4, 0.5) is 0 Å². The van der Waals surface area contributed by atoms with Gasteiger partial charge in [0.2, 0.25) is 0 Å². The molecule has 0 saturated carbocycles. The summed E-state index contributed by atoms with van der Waals surface area (Å²) in [6.45, 7) is 2.23. The standard InChI is InChI=1S/C24H32O3/c1-2-3-4-5-6-7-8-12-15-23(25)27-22-18-16-21(17-19-22)24(26)20-13-10-9-11-14-20/h9-11,13-14,16-19,23,25H,2-8,12,15H2,1H3. The number of carbonyl (C=O) groups excluding carboxylic acids is 1. The zero-order chi connectivity index (χ0) is 19.3. The van der Waals surface area contributed by atoms with Crippen molar-refractivity contribution in [1.29, 1.82) is 0 Å². The normalized spacial score (nSPS) is 11.9. The lowest BCUT2D eigenvalue weighted by molar-refractivity contribution is -0.0246. The van der Waals surface area contributed by atoms with Crippen molar-refractivity contribution < 1.29 is 14.6 Å². The molecule has 2 aromatic carbocycles. The largest absolute Gasteiger partial charge is 0.465 e. The molecule has 1 unspecified atom stereocenters. The molecule has 0 aliphatic carbocycles. The van der Waals surface area contributed by atoms with Crippen LogP contribution in [0.1, 0.15) is 80.6 Å². The van der Waals surface area contributed by atoms with Gasteiger partial charge in [0.1, 0.15) is 5.75 Å². The number of hydrogen-bond donors (Lipinski definition) is 1. The number of hydrogen-bond acceptors (Lipinski definition) is 3.